The molecule has 0 radical (unpaired) electrons. The van der Waals surface area contributed by atoms with Crippen LogP contribution < -0.4 is 5.73 Å². The largest absolute Gasteiger partial charge is 0.436 e. The minimum absolute atomic E-state index is 0.318. The van der Waals surface area contributed by atoms with Crippen LogP contribution in [0, 0.1) is 5.82 Å². The Balaban J connectivity index is 2.23. The molecule has 3 rings (SSSR count). The number of nitrogens with two attached hydrogens (primary N) is 1. The van der Waals surface area contributed by atoms with Crippen LogP contribution in [-0.4, -0.2) is 4.98 Å². The Hall–Kier alpha value is -1.88. The lowest BCUT2D eigenvalue weighted by Crippen LogP contribution is -1.85. The summed E-state index contributed by atoms with van der Waals surface area (Å²) < 4.78 is 19.2. The van der Waals surface area contributed by atoms with Crippen LogP contribution in [0.2, 0.25) is 0 Å². The number of anilines is 1. The monoisotopic (exact) mass is 306 g/mol. The Morgan fingerprint density at radius 3 is 2.78 bits per heavy atom. The third-order valence-corrected chi connectivity index (χ3v) is 3.27. The summed E-state index contributed by atoms with van der Waals surface area (Å²) in [5, 5.41) is 0. The maximum absolute atomic E-state index is 13.0. The lowest BCUT2D eigenvalue weighted by atomic mass is 10.2. The highest BCUT2D eigenvalue weighted by Crippen LogP contribution is 2.32. The lowest BCUT2D eigenvalue weighted by Gasteiger charge is -1.98. The molecule has 2 aromatic carbocycles. The van der Waals surface area contributed by atoms with E-state index in [1.54, 1.807) is 24.3 Å². The molecule has 2 N–H and O–H groups in total. The average molecular weight is 307 g/mol. The molecule has 3 aromatic rings. The van der Waals surface area contributed by atoms with Crippen molar-refractivity contribution in [1.82, 2.24) is 4.98 Å². The van der Waals surface area contributed by atoms with Gasteiger partial charge in [-0.15, -0.1) is 0 Å². The molecule has 0 unspecified atom stereocenters. The molecule has 0 aliphatic rings. The van der Waals surface area contributed by atoms with Crippen molar-refractivity contribution in [2.24, 2.45) is 0 Å². The van der Waals surface area contributed by atoms with Crippen LogP contribution in [0.5, 0.6) is 0 Å². The fraction of sp³-hybridized carbons (Fsp3) is 0. The van der Waals surface area contributed by atoms with E-state index >= 15 is 0 Å². The third-order valence-electron chi connectivity index (χ3n) is 2.61. The predicted molar refractivity (Wildman–Crippen MR) is 71.5 cm³/mol. The lowest BCUT2D eigenvalue weighted by molar-refractivity contribution is 0.615. The summed E-state index contributed by atoms with van der Waals surface area (Å²) in [7, 11) is 0. The second kappa shape index (κ2) is 4.10. The second-order valence-corrected chi connectivity index (χ2v) is 4.69. The van der Waals surface area contributed by atoms with Gasteiger partial charge in [-0.05, 0) is 46.3 Å². The molecule has 0 amide bonds. The molecule has 90 valence electrons. The maximum Gasteiger partial charge on any atom is 0.228 e. The highest BCUT2D eigenvalue weighted by molar-refractivity contribution is 9.10. The van der Waals surface area contributed by atoms with E-state index in [0.717, 1.165) is 0 Å². The summed E-state index contributed by atoms with van der Waals surface area (Å²) in [5.74, 6) is 0.0935. The van der Waals surface area contributed by atoms with Crippen LogP contribution in [0.25, 0.3) is 22.6 Å². The molecule has 0 spiro atoms. The zero-order valence-corrected chi connectivity index (χ0v) is 10.7. The number of nitrogen functional groups attached to an aromatic ring is 1. The first-order valence-electron chi connectivity index (χ1n) is 5.25. The first-order chi connectivity index (χ1) is 8.65. The molecule has 0 saturated heterocycles. The van der Waals surface area contributed by atoms with E-state index in [9.17, 15) is 4.39 Å². The number of halogens is 2. The number of para-hydroxylation sites is 1. The topological polar surface area (TPSA) is 52.0 Å². The average Bonchev–Trinajstić information content (AvgIpc) is 2.74. The summed E-state index contributed by atoms with van der Waals surface area (Å²) in [4.78, 5) is 4.33. The highest BCUT2D eigenvalue weighted by atomic mass is 79.9. The highest BCUT2D eigenvalue weighted by Gasteiger charge is 2.13. The van der Waals surface area contributed by atoms with Crippen molar-refractivity contribution < 1.29 is 8.81 Å². The molecule has 5 heteroatoms. The normalized spacial score (nSPS) is 11.0. The third kappa shape index (κ3) is 1.76. The van der Waals surface area contributed by atoms with Crippen molar-refractivity contribution in [3.8, 4) is 11.5 Å². The van der Waals surface area contributed by atoms with E-state index in [-0.39, 0.29) is 5.82 Å². The minimum Gasteiger partial charge on any atom is -0.436 e. The molecule has 0 bridgehead atoms. The molecular weight excluding hydrogens is 299 g/mol. The number of fused-ring (bicyclic) bond motifs is 1. The van der Waals surface area contributed by atoms with Crippen molar-refractivity contribution in [2.45, 2.75) is 0 Å². The van der Waals surface area contributed by atoms with Gasteiger partial charge < -0.3 is 10.2 Å². The summed E-state index contributed by atoms with van der Waals surface area (Å²) >= 11 is 3.29. The predicted octanol–water partition coefficient (Wildman–Crippen LogP) is 3.98. The molecule has 0 aliphatic heterocycles. The number of benzene rings is 2. The molecule has 0 saturated carbocycles. The molecule has 1 heterocycles. The Morgan fingerprint density at radius 2 is 2.06 bits per heavy atom. The number of nitrogens with zero attached hydrogens (tertiary/aromatic N) is 1. The SMILES string of the molecule is Nc1cccc2oc(-c3ccc(F)cc3Br)nc12. The first kappa shape index (κ1) is 11.2. The van der Waals surface area contributed by atoms with Gasteiger partial charge in [0.25, 0.3) is 0 Å². The molecule has 1 aromatic heterocycles. The van der Waals surface area contributed by atoms with Crippen molar-refractivity contribution in [3.63, 3.8) is 0 Å². The first-order valence-corrected chi connectivity index (χ1v) is 6.05. The molecule has 0 fully saturated rings. The van der Waals surface area contributed by atoms with Gasteiger partial charge in [-0.2, -0.15) is 0 Å². The van der Waals surface area contributed by atoms with Gasteiger partial charge in [0.05, 0.1) is 11.3 Å². The van der Waals surface area contributed by atoms with Gasteiger partial charge in [0, 0.05) is 4.47 Å². The van der Waals surface area contributed by atoms with E-state index in [0.29, 0.717) is 32.7 Å². The van der Waals surface area contributed by atoms with Gasteiger partial charge in [-0.25, -0.2) is 9.37 Å². The Kier molecular flexibility index (Phi) is 2.56. The zero-order chi connectivity index (χ0) is 12.7. The fourth-order valence-electron chi connectivity index (χ4n) is 1.75. The summed E-state index contributed by atoms with van der Waals surface area (Å²) in [6.45, 7) is 0. The van der Waals surface area contributed by atoms with Gasteiger partial charge in [0.1, 0.15) is 11.3 Å². The van der Waals surface area contributed by atoms with E-state index < -0.39 is 0 Å². The Morgan fingerprint density at radius 1 is 1.22 bits per heavy atom. The van der Waals surface area contributed by atoms with Crippen molar-refractivity contribution in [3.05, 3.63) is 46.7 Å². The smallest absolute Gasteiger partial charge is 0.228 e. The minimum atomic E-state index is -0.318. The molecular formula is C13H8BrFN2O. The van der Waals surface area contributed by atoms with Crippen LogP contribution in [0.3, 0.4) is 0 Å². The molecule has 0 atom stereocenters. The van der Waals surface area contributed by atoms with Gasteiger partial charge in [0.15, 0.2) is 5.58 Å². The quantitative estimate of drug-likeness (QED) is 0.692. The van der Waals surface area contributed by atoms with Crippen molar-refractivity contribution in [2.75, 3.05) is 5.73 Å². The van der Waals surface area contributed by atoms with Gasteiger partial charge in [0.2, 0.25) is 5.89 Å². The van der Waals surface area contributed by atoms with Crippen LogP contribution >= 0.6 is 15.9 Å². The number of rotatable bonds is 1. The maximum atomic E-state index is 13.0. The van der Waals surface area contributed by atoms with E-state index in [1.165, 1.54) is 12.1 Å². The van der Waals surface area contributed by atoms with Crippen LogP contribution in [-0.2, 0) is 0 Å². The second-order valence-electron chi connectivity index (χ2n) is 3.84. The van der Waals surface area contributed by atoms with Crippen LogP contribution in [0.4, 0.5) is 10.1 Å². The summed E-state index contributed by atoms with van der Waals surface area (Å²) in [6.07, 6.45) is 0. The number of oxazole rings is 1. The van der Waals surface area contributed by atoms with Gasteiger partial charge in [-0.1, -0.05) is 6.07 Å². The summed E-state index contributed by atoms with van der Waals surface area (Å²) in [6, 6.07) is 9.69. The zero-order valence-electron chi connectivity index (χ0n) is 9.15. The van der Waals surface area contributed by atoms with Crippen LogP contribution in [0.15, 0.2) is 45.3 Å². The van der Waals surface area contributed by atoms with Crippen molar-refractivity contribution in [1.29, 1.82) is 0 Å². The van der Waals surface area contributed by atoms with Crippen molar-refractivity contribution >= 4 is 32.7 Å². The number of hydrogen-bond donors (Lipinski definition) is 1. The molecule has 0 aliphatic carbocycles. The van der Waals surface area contributed by atoms with Crippen LogP contribution in [0.1, 0.15) is 0 Å². The fourth-order valence-corrected chi connectivity index (χ4v) is 2.27. The van der Waals surface area contributed by atoms with E-state index in [2.05, 4.69) is 20.9 Å². The summed E-state index contributed by atoms with van der Waals surface area (Å²) in [5.41, 5.74) is 8.29. The molecule has 18 heavy (non-hydrogen) atoms. The molecule has 3 nitrogen and oxygen atoms in total. The van der Waals surface area contributed by atoms with Gasteiger partial charge >= 0.3 is 0 Å². The van der Waals surface area contributed by atoms with Gasteiger partial charge in [-0.3, -0.25) is 0 Å². The van der Waals surface area contributed by atoms with E-state index in [1.807, 2.05) is 0 Å². The Bertz CT molecular complexity index is 739. The number of hydrogen-bond acceptors (Lipinski definition) is 3. The number of aromatic nitrogens is 1. The standard InChI is InChI=1S/C13H8BrFN2O/c14-9-6-7(15)4-5-8(9)13-17-12-10(16)2-1-3-11(12)18-13/h1-6H,16H2. The Labute approximate surface area is 111 Å². The van der Waals surface area contributed by atoms with E-state index in [4.69, 9.17) is 10.2 Å².